The van der Waals surface area contributed by atoms with Crippen molar-refractivity contribution in [2.75, 3.05) is 6.54 Å². The summed E-state index contributed by atoms with van der Waals surface area (Å²) in [5.41, 5.74) is 2.84. The molecular weight excluding hydrogens is 230 g/mol. The Morgan fingerprint density at radius 3 is 2.18 bits per heavy atom. The van der Waals surface area contributed by atoms with Crippen LogP contribution in [0.4, 0.5) is 0 Å². The predicted octanol–water partition coefficient (Wildman–Crippen LogP) is 4.20. The van der Waals surface area contributed by atoms with E-state index in [0.29, 0.717) is 0 Å². The lowest BCUT2D eigenvalue weighted by molar-refractivity contribution is 0.638. The van der Waals surface area contributed by atoms with Gasteiger partial charge in [-0.2, -0.15) is 0 Å². The van der Waals surface area contributed by atoms with Crippen molar-refractivity contribution in [3.8, 4) is 0 Å². The molecule has 0 aliphatic heterocycles. The summed E-state index contributed by atoms with van der Waals surface area (Å²) in [6, 6.07) is 9.01. The van der Waals surface area contributed by atoms with Crippen molar-refractivity contribution < 1.29 is 0 Å². The Morgan fingerprint density at radius 1 is 1.06 bits per heavy atom. The maximum atomic E-state index is 3.46. The zero-order valence-electron chi connectivity index (χ0n) is 11.3. The summed E-state index contributed by atoms with van der Waals surface area (Å²) < 4.78 is 0. The Morgan fingerprint density at radius 2 is 1.65 bits per heavy atom. The Labute approximate surface area is 112 Å². The lowest BCUT2D eigenvalue weighted by atomic mass is 10.0. The third-order valence-electron chi connectivity index (χ3n) is 2.70. The normalized spacial score (nSPS) is 10.4. The molecule has 0 spiro atoms. The third kappa shape index (κ3) is 7.40. The molecule has 0 radical (unpaired) electrons. The van der Waals surface area contributed by atoms with Crippen LogP contribution in [0.1, 0.15) is 44.7 Å². The van der Waals surface area contributed by atoms with Gasteiger partial charge in [-0.25, -0.2) is 0 Å². The first-order valence-electron chi connectivity index (χ1n) is 6.51. The van der Waals surface area contributed by atoms with Crippen LogP contribution in [0.2, 0.25) is 0 Å². The molecule has 0 aliphatic rings. The molecule has 1 nitrogen and oxygen atoms in total. The van der Waals surface area contributed by atoms with Gasteiger partial charge < -0.3 is 5.32 Å². The second kappa shape index (κ2) is 9.49. The molecule has 0 saturated heterocycles. The van der Waals surface area contributed by atoms with Crippen molar-refractivity contribution in [3.63, 3.8) is 0 Å². The van der Waals surface area contributed by atoms with Gasteiger partial charge in [0, 0.05) is 6.54 Å². The molecule has 0 bridgehead atoms. The summed E-state index contributed by atoms with van der Waals surface area (Å²) in [7, 11) is 0. The second-order valence-corrected chi connectivity index (χ2v) is 4.94. The lowest BCUT2D eigenvalue weighted by Crippen LogP contribution is -2.14. The molecule has 0 unspecified atom stereocenters. The number of rotatable bonds is 7. The van der Waals surface area contributed by atoms with Crippen molar-refractivity contribution in [1.29, 1.82) is 0 Å². The predicted molar refractivity (Wildman–Crippen MR) is 78.8 cm³/mol. The van der Waals surface area contributed by atoms with E-state index in [2.05, 4.69) is 50.4 Å². The van der Waals surface area contributed by atoms with Crippen LogP contribution in [0, 0.1) is 5.92 Å². The molecule has 98 valence electrons. The average Bonchev–Trinajstić information content (AvgIpc) is 2.26. The van der Waals surface area contributed by atoms with Gasteiger partial charge in [-0.3, -0.25) is 0 Å². The van der Waals surface area contributed by atoms with Crippen LogP contribution in [-0.2, 0) is 13.0 Å². The third-order valence-corrected chi connectivity index (χ3v) is 2.70. The average molecular weight is 256 g/mol. The quantitative estimate of drug-likeness (QED) is 0.721. The molecule has 0 aromatic heterocycles. The minimum Gasteiger partial charge on any atom is -0.313 e. The van der Waals surface area contributed by atoms with Gasteiger partial charge in [0.25, 0.3) is 0 Å². The Bertz CT molecular complexity index is 279. The van der Waals surface area contributed by atoms with Crippen LogP contribution in [0.15, 0.2) is 24.3 Å². The van der Waals surface area contributed by atoms with Gasteiger partial charge in [-0.15, -0.1) is 12.4 Å². The van der Waals surface area contributed by atoms with Crippen LogP contribution in [0.3, 0.4) is 0 Å². The van der Waals surface area contributed by atoms with Crippen LogP contribution in [0.25, 0.3) is 0 Å². The van der Waals surface area contributed by atoms with Gasteiger partial charge in [0.2, 0.25) is 0 Å². The number of benzene rings is 1. The Balaban J connectivity index is 0.00000256. The summed E-state index contributed by atoms with van der Waals surface area (Å²) in [4.78, 5) is 0. The van der Waals surface area contributed by atoms with Gasteiger partial charge in [-0.1, -0.05) is 51.5 Å². The van der Waals surface area contributed by atoms with Crippen LogP contribution in [0.5, 0.6) is 0 Å². The summed E-state index contributed by atoms with van der Waals surface area (Å²) in [5, 5.41) is 3.46. The van der Waals surface area contributed by atoms with Crippen molar-refractivity contribution >= 4 is 12.4 Å². The first kappa shape index (κ1) is 16.5. The molecule has 17 heavy (non-hydrogen) atoms. The number of halogens is 1. The zero-order chi connectivity index (χ0) is 11.8. The smallest absolute Gasteiger partial charge is 0.0205 e. The molecule has 1 rings (SSSR count). The van der Waals surface area contributed by atoms with E-state index in [0.717, 1.165) is 19.0 Å². The van der Waals surface area contributed by atoms with Crippen LogP contribution >= 0.6 is 12.4 Å². The van der Waals surface area contributed by atoms with Gasteiger partial charge in [0.15, 0.2) is 0 Å². The first-order chi connectivity index (χ1) is 7.72. The number of hydrogen-bond donors (Lipinski definition) is 1. The van der Waals surface area contributed by atoms with Gasteiger partial charge in [0.1, 0.15) is 0 Å². The monoisotopic (exact) mass is 255 g/mol. The maximum absolute atomic E-state index is 3.46. The number of nitrogens with one attached hydrogen (secondary N) is 1. The molecule has 0 atom stereocenters. The second-order valence-electron chi connectivity index (χ2n) is 4.94. The molecular formula is C15H26ClN. The zero-order valence-corrected chi connectivity index (χ0v) is 12.1. The van der Waals surface area contributed by atoms with E-state index in [9.17, 15) is 0 Å². The summed E-state index contributed by atoms with van der Waals surface area (Å²) in [6.07, 6.45) is 3.72. The maximum Gasteiger partial charge on any atom is 0.0205 e. The molecule has 0 amide bonds. The van der Waals surface area contributed by atoms with Crippen molar-refractivity contribution in [2.45, 2.75) is 46.6 Å². The van der Waals surface area contributed by atoms with Crippen LogP contribution < -0.4 is 5.32 Å². The number of unbranched alkanes of at least 4 members (excludes halogenated alkanes) is 1. The highest BCUT2D eigenvalue weighted by atomic mass is 35.5. The number of hydrogen-bond acceptors (Lipinski definition) is 1. The van der Waals surface area contributed by atoms with E-state index >= 15 is 0 Å². The molecule has 0 aliphatic carbocycles. The van der Waals surface area contributed by atoms with E-state index in [1.807, 2.05) is 0 Å². The van der Waals surface area contributed by atoms with E-state index in [4.69, 9.17) is 0 Å². The lowest BCUT2D eigenvalue weighted by Gasteiger charge is -2.07. The van der Waals surface area contributed by atoms with Gasteiger partial charge >= 0.3 is 0 Å². The summed E-state index contributed by atoms with van der Waals surface area (Å²) in [5.74, 6) is 0.744. The van der Waals surface area contributed by atoms with E-state index in [-0.39, 0.29) is 12.4 Å². The fourth-order valence-electron chi connectivity index (χ4n) is 1.80. The summed E-state index contributed by atoms with van der Waals surface area (Å²) in [6.45, 7) is 8.88. The Hall–Kier alpha value is -0.530. The highest BCUT2D eigenvalue weighted by molar-refractivity contribution is 5.85. The minimum atomic E-state index is 0. The fourth-order valence-corrected chi connectivity index (χ4v) is 1.80. The first-order valence-corrected chi connectivity index (χ1v) is 6.51. The SMILES string of the molecule is CCCCNCc1ccc(CC(C)C)cc1.Cl. The van der Waals surface area contributed by atoms with Crippen LogP contribution in [-0.4, -0.2) is 6.54 Å². The molecule has 2 heteroatoms. The molecule has 1 aromatic rings. The highest BCUT2D eigenvalue weighted by Crippen LogP contribution is 2.09. The topological polar surface area (TPSA) is 12.0 Å². The van der Waals surface area contributed by atoms with E-state index < -0.39 is 0 Å². The van der Waals surface area contributed by atoms with Crippen molar-refractivity contribution in [1.82, 2.24) is 5.32 Å². The summed E-state index contributed by atoms with van der Waals surface area (Å²) >= 11 is 0. The fraction of sp³-hybridized carbons (Fsp3) is 0.600. The molecule has 1 N–H and O–H groups in total. The van der Waals surface area contributed by atoms with Crippen molar-refractivity contribution in [2.24, 2.45) is 5.92 Å². The molecule has 0 saturated carbocycles. The minimum absolute atomic E-state index is 0. The van der Waals surface area contributed by atoms with E-state index in [1.165, 1.54) is 30.4 Å². The van der Waals surface area contributed by atoms with Crippen molar-refractivity contribution in [3.05, 3.63) is 35.4 Å². The molecule has 1 aromatic carbocycles. The standard InChI is InChI=1S/C15H25N.ClH/c1-4-5-10-16-12-15-8-6-14(7-9-15)11-13(2)3;/h6-9,13,16H,4-5,10-12H2,1-3H3;1H. The van der Waals surface area contributed by atoms with E-state index in [1.54, 1.807) is 0 Å². The van der Waals surface area contributed by atoms with Gasteiger partial charge in [-0.05, 0) is 36.4 Å². The molecule has 0 heterocycles. The molecule has 0 fully saturated rings. The van der Waals surface area contributed by atoms with Gasteiger partial charge in [0.05, 0.1) is 0 Å². The largest absolute Gasteiger partial charge is 0.313 e. The Kier molecular flexibility index (Phi) is 9.20. The highest BCUT2D eigenvalue weighted by Gasteiger charge is 1.98.